The van der Waals surface area contributed by atoms with Crippen molar-refractivity contribution in [1.29, 1.82) is 0 Å². The molecule has 0 spiro atoms. The minimum absolute atomic E-state index is 0.235. The van der Waals surface area contributed by atoms with Gasteiger partial charge in [-0.3, -0.25) is 14.0 Å². The zero-order valence-corrected chi connectivity index (χ0v) is 17.8. The Morgan fingerprint density at radius 3 is 2.50 bits per heavy atom. The number of rotatable bonds is 6. The van der Waals surface area contributed by atoms with Crippen molar-refractivity contribution < 1.29 is 14.3 Å². The number of carbonyl (C=O) groups excluding carboxylic acids is 1. The summed E-state index contributed by atoms with van der Waals surface area (Å²) in [4.78, 5) is 29.2. The van der Waals surface area contributed by atoms with E-state index < -0.39 is 11.3 Å². The van der Waals surface area contributed by atoms with E-state index in [0.717, 1.165) is 0 Å². The molecule has 2 aromatic carbocycles. The summed E-state index contributed by atoms with van der Waals surface area (Å²) in [5, 5.41) is 14.7. The number of methoxy groups -OCH3 is 1. The highest BCUT2D eigenvalue weighted by atomic mass is 16.5. The number of carbonyl (C=O) groups is 1. The number of fused-ring (bicyclic) bond motifs is 1. The van der Waals surface area contributed by atoms with Crippen molar-refractivity contribution in [3.63, 3.8) is 0 Å². The molecule has 0 aliphatic carbocycles. The molecule has 0 fully saturated rings. The fourth-order valence-corrected chi connectivity index (χ4v) is 3.16. The lowest BCUT2D eigenvalue weighted by Gasteiger charge is -2.09. The predicted molar refractivity (Wildman–Crippen MR) is 122 cm³/mol. The summed E-state index contributed by atoms with van der Waals surface area (Å²) in [6, 6.07) is 15.0. The third-order valence-corrected chi connectivity index (χ3v) is 4.87. The Balaban J connectivity index is 1.32. The van der Waals surface area contributed by atoms with Crippen LogP contribution in [-0.2, 0) is 0 Å². The van der Waals surface area contributed by atoms with Crippen LogP contribution in [0.4, 0.5) is 5.69 Å². The van der Waals surface area contributed by atoms with Crippen LogP contribution in [0.3, 0.4) is 0 Å². The van der Waals surface area contributed by atoms with Crippen LogP contribution in [0, 0.1) is 0 Å². The molecule has 0 saturated carbocycles. The lowest BCUT2D eigenvalue weighted by atomic mass is 10.2. The highest BCUT2D eigenvalue weighted by Gasteiger charge is 2.14. The lowest BCUT2D eigenvalue weighted by Crippen LogP contribution is -2.25. The van der Waals surface area contributed by atoms with Crippen LogP contribution in [0.5, 0.6) is 17.4 Å². The van der Waals surface area contributed by atoms with Crippen LogP contribution in [0.2, 0.25) is 0 Å². The number of ether oxygens (including phenoxy) is 2. The topological polar surface area (TPSA) is 126 Å². The maximum atomic E-state index is 12.7. The van der Waals surface area contributed by atoms with Crippen molar-refractivity contribution >= 4 is 17.2 Å². The van der Waals surface area contributed by atoms with Gasteiger partial charge in [0.2, 0.25) is 11.1 Å². The molecule has 5 rings (SSSR count). The van der Waals surface area contributed by atoms with Gasteiger partial charge in [-0.25, -0.2) is 9.67 Å². The molecule has 0 saturated heterocycles. The molecular weight excluding hydrogens is 438 g/mol. The Hall–Kier alpha value is -5.06. The second-order valence-corrected chi connectivity index (χ2v) is 7.05. The van der Waals surface area contributed by atoms with Gasteiger partial charge in [0, 0.05) is 30.3 Å². The first-order valence-corrected chi connectivity index (χ1v) is 10.1. The Labute approximate surface area is 192 Å². The quantitative estimate of drug-likeness (QED) is 0.414. The number of nitrogens with one attached hydrogen (secondary N) is 1. The maximum absolute atomic E-state index is 12.7. The van der Waals surface area contributed by atoms with Gasteiger partial charge in [0.1, 0.15) is 17.8 Å². The second kappa shape index (κ2) is 8.82. The van der Waals surface area contributed by atoms with Gasteiger partial charge in [-0.1, -0.05) is 0 Å². The third kappa shape index (κ3) is 4.17. The van der Waals surface area contributed by atoms with Crippen LogP contribution < -0.4 is 20.2 Å². The molecule has 34 heavy (non-hydrogen) atoms. The SMILES string of the molecule is COc1ccc(-n2ccc(=O)c(C(=O)Nc3ccc(Oc4nccn5cnnc45)cc3)n2)cc1. The average Bonchev–Trinajstić information content (AvgIpc) is 3.36. The molecule has 3 aromatic heterocycles. The van der Waals surface area contributed by atoms with Crippen LogP contribution in [0.25, 0.3) is 11.3 Å². The number of benzene rings is 2. The molecule has 11 heteroatoms. The summed E-state index contributed by atoms with van der Waals surface area (Å²) < 4.78 is 14.1. The molecule has 0 radical (unpaired) electrons. The van der Waals surface area contributed by atoms with Crippen LogP contribution in [-0.4, -0.2) is 42.4 Å². The van der Waals surface area contributed by atoms with Crippen molar-refractivity contribution in [2.45, 2.75) is 0 Å². The van der Waals surface area contributed by atoms with Gasteiger partial charge in [-0.15, -0.1) is 10.2 Å². The Morgan fingerprint density at radius 2 is 1.74 bits per heavy atom. The molecule has 11 nitrogen and oxygen atoms in total. The summed E-state index contributed by atoms with van der Waals surface area (Å²) in [5.41, 5.74) is 0.888. The van der Waals surface area contributed by atoms with Crippen LogP contribution >= 0.6 is 0 Å². The van der Waals surface area contributed by atoms with Crippen molar-refractivity contribution in [2.24, 2.45) is 0 Å². The fourth-order valence-electron chi connectivity index (χ4n) is 3.16. The summed E-state index contributed by atoms with van der Waals surface area (Å²) in [6.45, 7) is 0. The number of amides is 1. The first-order chi connectivity index (χ1) is 16.6. The van der Waals surface area contributed by atoms with E-state index in [2.05, 4.69) is 25.6 Å². The maximum Gasteiger partial charge on any atom is 0.280 e. The van der Waals surface area contributed by atoms with Crippen molar-refractivity contribution in [1.82, 2.24) is 29.4 Å². The molecule has 0 unspecified atom stereocenters. The minimum atomic E-state index is -0.628. The second-order valence-electron chi connectivity index (χ2n) is 7.05. The van der Waals surface area contributed by atoms with Gasteiger partial charge in [-0.05, 0) is 48.5 Å². The normalized spacial score (nSPS) is 10.7. The number of hydrogen-bond donors (Lipinski definition) is 1. The molecule has 0 bridgehead atoms. The van der Waals surface area contributed by atoms with Crippen molar-refractivity contribution in [3.05, 3.63) is 95.4 Å². The summed E-state index contributed by atoms with van der Waals surface area (Å²) in [5.74, 6) is 0.839. The smallest absolute Gasteiger partial charge is 0.280 e. The predicted octanol–water partition coefficient (Wildman–Crippen LogP) is 2.72. The molecule has 5 aromatic rings. The highest BCUT2D eigenvalue weighted by molar-refractivity contribution is 6.02. The van der Waals surface area contributed by atoms with Gasteiger partial charge in [-0.2, -0.15) is 5.10 Å². The van der Waals surface area contributed by atoms with E-state index in [1.807, 2.05) is 0 Å². The van der Waals surface area contributed by atoms with E-state index in [9.17, 15) is 9.59 Å². The minimum Gasteiger partial charge on any atom is -0.497 e. The molecule has 0 atom stereocenters. The molecule has 1 N–H and O–H groups in total. The number of anilines is 1. The van der Waals surface area contributed by atoms with Crippen LogP contribution in [0.1, 0.15) is 10.5 Å². The van der Waals surface area contributed by atoms with Gasteiger partial charge in [0.25, 0.3) is 11.8 Å². The first kappa shape index (κ1) is 20.8. The monoisotopic (exact) mass is 455 g/mol. The zero-order chi connectivity index (χ0) is 23.5. The van der Waals surface area contributed by atoms with Gasteiger partial charge in [0.05, 0.1) is 12.8 Å². The van der Waals surface area contributed by atoms with Gasteiger partial charge < -0.3 is 14.8 Å². The van der Waals surface area contributed by atoms with E-state index in [0.29, 0.717) is 34.4 Å². The van der Waals surface area contributed by atoms with E-state index in [-0.39, 0.29) is 5.69 Å². The molecule has 168 valence electrons. The van der Waals surface area contributed by atoms with E-state index in [4.69, 9.17) is 9.47 Å². The van der Waals surface area contributed by atoms with Crippen molar-refractivity contribution in [3.8, 4) is 23.1 Å². The number of aromatic nitrogens is 6. The van der Waals surface area contributed by atoms with Crippen molar-refractivity contribution in [2.75, 3.05) is 12.4 Å². The van der Waals surface area contributed by atoms with Crippen LogP contribution in [0.15, 0.2) is 84.3 Å². The molecule has 3 heterocycles. The third-order valence-electron chi connectivity index (χ3n) is 4.87. The van der Waals surface area contributed by atoms with Gasteiger partial charge >= 0.3 is 0 Å². The summed E-state index contributed by atoms with van der Waals surface area (Å²) in [6.07, 6.45) is 6.33. The Kier molecular flexibility index (Phi) is 5.40. The summed E-state index contributed by atoms with van der Waals surface area (Å²) >= 11 is 0. The number of hydrogen-bond acceptors (Lipinski definition) is 8. The zero-order valence-electron chi connectivity index (χ0n) is 17.8. The molecular formula is C23H17N7O4. The highest BCUT2D eigenvalue weighted by Crippen LogP contribution is 2.24. The molecule has 0 aliphatic heterocycles. The molecule has 0 aliphatic rings. The Bertz CT molecular complexity index is 1530. The summed E-state index contributed by atoms with van der Waals surface area (Å²) in [7, 11) is 1.57. The largest absolute Gasteiger partial charge is 0.497 e. The fraction of sp³-hybridized carbons (Fsp3) is 0.0435. The van der Waals surface area contributed by atoms with Gasteiger partial charge in [0.15, 0.2) is 5.69 Å². The Morgan fingerprint density at radius 1 is 0.971 bits per heavy atom. The van der Waals surface area contributed by atoms with E-state index in [1.54, 1.807) is 78.8 Å². The standard InChI is InChI=1S/C23H17N7O4/c1-33-17-8-4-16(5-9-17)30-12-10-19(31)20(28-30)22(32)26-15-2-6-18(7-3-15)34-23-21-27-25-14-29(21)13-11-24-23/h2-14H,1H3,(H,26,32). The first-order valence-electron chi connectivity index (χ1n) is 10.1. The lowest BCUT2D eigenvalue weighted by molar-refractivity contribution is 0.101. The number of nitrogens with zero attached hydrogens (tertiary/aromatic N) is 6. The molecule has 1 amide bonds. The average molecular weight is 455 g/mol. The van der Waals surface area contributed by atoms with E-state index in [1.165, 1.54) is 16.9 Å². The van der Waals surface area contributed by atoms with E-state index >= 15 is 0 Å².